The quantitative estimate of drug-likeness (QED) is 0.754. The smallest absolute Gasteiger partial charge is 0.240 e. The molecule has 0 unspecified atom stereocenters. The van der Waals surface area contributed by atoms with Crippen LogP contribution in [-0.2, 0) is 32.3 Å². The molecular weight excluding hydrogens is 358 g/mol. The van der Waals surface area contributed by atoms with Crippen molar-refractivity contribution in [1.82, 2.24) is 4.90 Å². The summed E-state index contributed by atoms with van der Waals surface area (Å²) in [6, 6.07) is 17.1. The lowest BCUT2D eigenvalue weighted by atomic mass is 9.87. The van der Waals surface area contributed by atoms with Gasteiger partial charge in [0.2, 0.25) is 5.91 Å². The molecule has 0 aliphatic carbocycles. The molecule has 0 saturated carbocycles. The van der Waals surface area contributed by atoms with Gasteiger partial charge in [-0.3, -0.25) is 4.79 Å². The largest absolute Gasteiger partial charge is 0.340 e. The molecule has 0 aliphatic heterocycles. The standard InChI is InChI=1S/C22H29NO3S/c1-17(21(24)23(5)15-18-9-7-6-8-10-18)27(25,26)16-19-11-13-20(14-12-19)22(2,3)4/h6-14,17H,15-16H2,1-5H3/t17-/m0/s1. The molecule has 2 aromatic carbocycles. The number of carbonyl (C=O) groups excluding carboxylic acids is 1. The van der Waals surface area contributed by atoms with Gasteiger partial charge in [-0.15, -0.1) is 0 Å². The maximum absolute atomic E-state index is 12.7. The molecule has 27 heavy (non-hydrogen) atoms. The molecule has 1 atom stereocenters. The van der Waals surface area contributed by atoms with Crippen LogP contribution in [0.3, 0.4) is 0 Å². The second-order valence-electron chi connectivity index (χ2n) is 8.08. The van der Waals surface area contributed by atoms with E-state index < -0.39 is 15.1 Å². The molecule has 2 aromatic rings. The van der Waals surface area contributed by atoms with E-state index in [0.29, 0.717) is 12.1 Å². The minimum absolute atomic E-state index is 0.0147. The highest BCUT2D eigenvalue weighted by molar-refractivity contribution is 7.92. The van der Waals surface area contributed by atoms with Crippen LogP contribution in [0.15, 0.2) is 54.6 Å². The SMILES string of the molecule is C[C@@H](C(=O)N(C)Cc1ccccc1)S(=O)(=O)Cc1ccc(C(C)(C)C)cc1. The van der Waals surface area contributed by atoms with Gasteiger partial charge in [-0.1, -0.05) is 75.4 Å². The number of benzene rings is 2. The summed E-state index contributed by atoms with van der Waals surface area (Å²) >= 11 is 0. The summed E-state index contributed by atoms with van der Waals surface area (Å²) in [6.45, 7) is 8.20. The molecule has 1 amide bonds. The van der Waals surface area contributed by atoms with Crippen LogP contribution in [0.2, 0.25) is 0 Å². The third kappa shape index (κ3) is 5.67. The van der Waals surface area contributed by atoms with E-state index in [1.54, 1.807) is 7.05 Å². The van der Waals surface area contributed by atoms with E-state index >= 15 is 0 Å². The molecule has 0 aromatic heterocycles. The van der Waals surface area contributed by atoms with Crippen molar-refractivity contribution in [1.29, 1.82) is 0 Å². The van der Waals surface area contributed by atoms with Gasteiger partial charge < -0.3 is 4.90 Å². The number of amides is 1. The van der Waals surface area contributed by atoms with Crippen molar-refractivity contribution in [3.05, 3.63) is 71.3 Å². The Morgan fingerprint density at radius 3 is 2.04 bits per heavy atom. The first-order valence-corrected chi connectivity index (χ1v) is 10.8. The number of rotatable bonds is 6. The molecular formula is C22H29NO3S. The third-order valence-electron chi connectivity index (χ3n) is 4.71. The van der Waals surface area contributed by atoms with E-state index in [-0.39, 0.29) is 17.1 Å². The average molecular weight is 388 g/mol. The van der Waals surface area contributed by atoms with Crippen molar-refractivity contribution >= 4 is 15.7 Å². The summed E-state index contributed by atoms with van der Waals surface area (Å²) in [7, 11) is -1.95. The van der Waals surface area contributed by atoms with Crippen LogP contribution in [0, 0.1) is 0 Å². The molecule has 0 aliphatic rings. The molecule has 0 radical (unpaired) electrons. The average Bonchev–Trinajstić information content (AvgIpc) is 2.60. The molecule has 0 fully saturated rings. The zero-order chi connectivity index (χ0) is 20.2. The Balaban J connectivity index is 2.07. The highest BCUT2D eigenvalue weighted by Gasteiger charge is 2.30. The van der Waals surface area contributed by atoms with Gasteiger partial charge in [0.15, 0.2) is 9.84 Å². The Morgan fingerprint density at radius 1 is 0.963 bits per heavy atom. The summed E-state index contributed by atoms with van der Waals surface area (Å²) < 4.78 is 25.5. The third-order valence-corrected chi connectivity index (χ3v) is 6.73. The lowest BCUT2D eigenvalue weighted by Gasteiger charge is -2.22. The van der Waals surface area contributed by atoms with E-state index in [0.717, 1.165) is 11.1 Å². The van der Waals surface area contributed by atoms with Crippen molar-refractivity contribution in [2.75, 3.05) is 7.05 Å². The molecule has 0 N–H and O–H groups in total. The van der Waals surface area contributed by atoms with Crippen molar-refractivity contribution in [3.63, 3.8) is 0 Å². The highest BCUT2D eigenvalue weighted by Crippen LogP contribution is 2.23. The topological polar surface area (TPSA) is 54.5 Å². The van der Waals surface area contributed by atoms with E-state index in [1.807, 2.05) is 54.6 Å². The van der Waals surface area contributed by atoms with Crippen molar-refractivity contribution < 1.29 is 13.2 Å². The van der Waals surface area contributed by atoms with E-state index in [9.17, 15) is 13.2 Å². The first-order chi connectivity index (χ1) is 12.5. The highest BCUT2D eigenvalue weighted by atomic mass is 32.2. The zero-order valence-corrected chi connectivity index (χ0v) is 17.6. The van der Waals surface area contributed by atoms with Gasteiger partial charge in [0.25, 0.3) is 0 Å². The second-order valence-corrected chi connectivity index (χ2v) is 10.4. The Labute approximate surface area is 163 Å². The van der Waals surface area contributed by atoms with Crippen LogP contribution in [0.1, 0.15) is 44.4 Å². The second kappa shape index (κ2) is 8.26. The number of hydrogen-bond acceptors (Lipinski definition) is 3. The van der Waals surface area contributed by atoms with Crippen LogP contribution < -0.4 is 0 Å². The lowest BCUT2D eigenvalue weighted by molar-refractivity contribution is -0.129. The maximum atomic E-state index is 12.7. The fourth-order valence-corrected chi connectivity index (χ4v) is 4.25. The first-order valence-electron chi connectivity index (χ1n) is 9.10. The van der Waals surface area contributed by atoms with E-state index in [1.165, 1.54) is 11.8 Å². The molecule has 2 rings (SSSR count). The fraction of sp³-hybridized carbons (Fsp3) is 0.409. The summed E-state index contributed by atoms with van der Waals surface area (Å²) in [6.07, 6.45) is 0. The maximum Gasteiger partial charge on any atom is 0.240 e. The molecule has 0 heterocycles. The van der Waals surface area contributed by atoms with E-state index in [2.05, 4.69) is 20.8 Å². The monoisotopic (exact) mass is 387 g/mol. The molecule has 146 valence electrons. The molecule has 0 bridgehead atoms. The Bertz CT molecular complexity index is 866. The van der Waals surface area contributed by atoms with Crippen molar-refractivity contribution in [2.24, 2.45) is 0 Å². The normalized spacial score (nSPS) is 13.2. The molecule has 0 spiro atoms. The van der Waals surface area contributed by atoms with Crippen LogP contribution in [-0.4, -0.2) is 31.5 Å². The summed E-state index contributed by atoms with van der Waals surface area (Å²) in [5, 5.41) is -1.08. The van der Waals surface area contributed by atoms with Gasteiger partial charge in [0, 0.05) is 13.6 Å². The Hall–Kier alpha value is -2.14. The zero-order valence-electron chi connectivity index (χ0n) is 16.8. The van der Waals surface area contributed by atoms with Gasteiger partial charge in [-0.2, -0.15) is 0 Å². The molecule has 5 heteroatoms. The van der Waals surface area contributed by atoms with Crippen molar-refractivity contribution in [3.8, 4) is 0 Å². The summed E-state index contributed by atoms with van der Waals surface area (Å²) in [5.41, 5.74) is 2.83. The van der Waals surface area contributed by atoms with Gasteiger partial charge in [0.05, 0.1) is 5.75 Å². The van der Waals surface area contributed by atoms with Gasteiger partial charge in [0.1, 0.15) is 5.25 Å². The predicted molar refractivity (Wildman–Crippen MR) is 110 cm³/mol. The van der Waals surface area contributed by atoms with Gasteiger partial charge >= 0.3 is 0 Å². The van der Waals surface area contributed by atoms with Crippen LogP contribution in [0.25, 0.3) is 0 Å². The number of carbonyl (C=O) groups is 1. The first kappa shape index (κ1) is 21.2. The number of nitrogens with zero attached hydrogens (tertiary/aromatic N) is 1. The fourth-order valence-electron chi connectivity index (χ4n) is 2.86. The lowest BCUT2D eigenvalue weighted by Crippen LogP contribution is -2.39. The van der Waals surface area contributed by atoms with Crippen molar-refractivity contribution in [2.45, 2.75) is 50.7 Å². The summed E-state index contributed by atoms with van der Waals surface area (Å²) in [5.74, 6) is -0.520. The Morgan fingerprint density at radius 2 is 1.52 bits per heavy atom. The predicted octanol–water partition coefficient (Wildman–Crippen LogP) is 3.95. The van der Waals surface area contributed by atoms with Crippen LogP contribution >= 0.6 is 0 Å². The number of sulfone groups is 1. The van der Waals surface area contributed by atoms with Crippen LogP contribution in [0.5, 0.6) is 0 Å². The van der Waals surface area contributed by atoms with E-state index in [4.69, 9.17) is 0 Å². The minimum atomic E-state index is -3.59. The number of hydrogen-bond donors (Lipinski definition) is 0. The van der Waals surface area contributed by atoms with Gasteiger partial charge in [-0.05, 0) is 29.0 Å². The molecule has 4 nitrogen and oxygen atoms in total. The van der Waals surface area contributed by atoms with Gasteiger partial charge in [-0.25, -0.2) is 8.42 Å². The Kier molecular flexibility index (Phi) is 6.47. The summed E-state index contributed by atoms with van der Waals surface area (Å²) in [4.78, 5) is 14.1. The molecule has 0 saturated heterocycles. The minimum Gasteiger partial charge on any atom is -0.340 e. The van der Waals surface area contributed by atoms with Crippen LogP contribution in [0.4, 0.5) is 0 Å².